The number of carbonyl (C=O) groups excluding carboxylic acids is 2. The van der Waals surface area contributed by atoms with Crippen LogP contribution < -0.4 is 10.5 Å². The van der Waals surface area contributed by atoms with Crippen LogP contribution in [0.4, 0.5) is 19.0 Å². The highest BCUT2D eigenvalue weighted by Crippen LogP contribution is 2.45. The Morgan fingerprint density at radius 1 is 1.30 bits per heavy atom. The smallest absolute Gasteiger partial charge is 0.490 e. The van der Waals surface area contributed by atoms with Crippen LogP contribution in [0.2, 0.25) is 10.0 Å². The predicted molar refractivity (Wildman–Crippen MR) is 112 cm³/mol. The molecule has 33 heavy (non-hydrogen) atoms. The normalized spacial score (nSPS) is 14.9. The highest BCUT2D eigenvalue weighted by molar-refractivity contribution is 6.46. The van der Waals surface area contributed by atoms with Crippen LogP contribution in [0, 0.1) is 0 Å². The number of pyridine rings is 1. The van der Waals surface area contributed by atoms with E-state index in [1.165, 1.54) is 14.0 Å². The van der Waals surface area contributed by atoms with Gasteiger partial charge in [-0.15, -0.1) is 0 Å². The first kappa shape index (κ1) is 26.3. The molecule has 0 bridgehead atoms. The summed E-state index contributed by atoms with van der Waals surface area (Å²) < 4.78 is 41.8. The van der Waals surface area contributed by atoms with Gasteiger partial charge in [-0.25, -0.2) is 9.78 Å². The van der Waals surface area contributed by atoms with Crippen LogP contribution in [-0.4, -0.2) is 52.7 Å². The summed E-state index contributed by atoms with van der Waals surface area (Å²) >= 11 is 12.6. The van der Waals surface area contributed by atoms with Crippen molar-refractivity contribution in [3.8, 4) is 5.75 Å². The number of carboxylic acid groups (broad SMARTS) is 1. The summed E-state index contributed by atoms with van der Waals surface area (Å²) in [5.41, 5.74) is 8.13. The van der Waals surface area contributed by atoms with Gasteiger partial charge >= 0.3 is 18.1 Å². The number of halogens is 5. The number of nitrogens with two attached hydrogens (primary N) is 1. The van der Waals surface area contributed by atoms with Crippen molar-refractivity contribution in [2.75, 3.05) is 19.5 Å². The van der Waals surface area contributed by atoms with Crippen LogP contribution in [0.25, 0.3) is 10.9 Å². The number of benzene rings is 1. The number of anilines is 1. The second-order valence-corrected chi connectivity index (χ2v) is 7.53. The van der Waals surface area contributed by atoms with Crippen molar-refractivity contribution in [3.63, 3.8) is 0 Å². The number of hydrogen-bond acceptors (Lipinski definition) is 7. The number of nitrogens with zero attached hydrogens (tertiary/aromatic N) is 2. The maximum Gasteiger partial charge on any atom is 0.490 e. The summed E-state index contributed by atoms with van der Waals surface area (Å²) in [5, 5.41) is 8.34. The van der Waals surface area contributed by atoms with Gasteiger partial charge in [0.15, 0.2) is 6.61 Å². The SMILES string of the molecule is COc1cc2c3c(c(N)nc2c(Cl)c1Cl)CN(C(=O)COC(C)=O)[C@H]3C.O=C(O)C(F)(F)F. The quantitative estimate of drug-likeness (QED) is 0.595. The summed E-state index contributed by atoms with van der Waals surface area (Å²) in [4.78, 5) is 38.3. The van der Waals surface area contributed by atoms with Crippen molar-refractivity contribution in [3.05, 3.63) is 27.2 Å². The first-order valence-electron chi connectivity index (χ1n) is 9.07. The number of carboxylic acids is 1. The molecule has 3 N–H and O–H groups in total. The van der Waals surface area contributed by atoms with E-state index < -0.39 is 18.1 Å². The molecule has 1 aliphatic rings. The zero-order chi connectivity index (χ0) is 25.2. The fourth-order valence-electron chi connectivity index (χ4n) is 3.20. The van der Waals surface area contributed by atoms with Gasteiger partial charge in [0.1, 0.15) is 16.6 Å². The number of alkyl halides is 3. The van der Waals surface area contributed by atoms with Gasteiger partial charge in [-0.05, 0) is 18.6 Å². The Morgan fingerprint density at radius 3 is 2.36 bits per heavy atom. The summed E-state index contributed by atoms with van der Waals surface area (Å²) in [7, 11) is 1.49. The molecule has 2 heterocycles. The van der Waals surface area contributed by atoms with E-state index in [1.54, 1.807) is 11.0 Å². The second kappa shape index (κ2) is 9.87. The molecule has 1 amide bonds. The largest absolute Gasteiger partial charge is 0.495 e. The van der Waals surface area contributed by atoms with E-state index in [4.69, 9.17) is 48.3 Å². The lowest BCUT2D eigenvalue weighted by Gasteiger charge is -2.22. The lowest BCUT2D eigenvalue weighted by Crippen LogP contribution is -2.32. The molecular formula is C19H18Cl2F3N3O6. The molecule has 0 spiro atoms. The number of ether oxygens (including phenoxy) is 2. The van der Waals surface area contributed by atoms with Crippen molar-refractivity contribution >= 4 is 57.8 Å². The Labute approximate surface area is 195 Å². The van der Waals surface area contributed by atoms with Crippen molar-refractivity contribution in [1.29, 1.82) is 0 Å². The van der Waals surface area contributed by atoms with Crippen LogP contribution >= 0.6 is 23.2 Å². The van der Waals surface area contributed by atoms with Crippen LogP contribution in [-0.2, 0) is 25.7 Å². The first-order chi connectivity index (χ1) is 15.2. The van der Waals surface area contributed by atoms with E-state index >= 15 is 0 Å². The topological polar surface area (TPSA) is 132 Å². The molecule has 1 aromatic heterocycles. The maximum absolute atomic E-state index is 12.4. The number of fused-ring (bicyclic) bond motifs is 3. The standard InChI is InChI=1S/C17H17Cl2N3O4.C2HF3O2/c1-7-13-9-4-11(25-3)14(18)15(19)16(9)21-17(20)10(13)5-22(7)12(24)6-26-8(2)23;3-2(4,5)1(6)7/h4,7H,5-6H2,1-3H3,(H2,20,21);(H,6,7)/t7-;/m0./s1. The average molecular weight is 512 g/mol. The minimum absolute atomic E-state index is 0.243. The van der Waals surface area contributed by atoms with Gasteiger partial charge in [0, 0.05) is 17.9 Å². The number of rotatable bonds is 3. The zero-order valence-corrected chi connectivity index (χ0v) is 18.9. The number of nitrogen functional groups attached to an aromatic ring is 1. The number of aromatic nitrogens is 1. The Bertz CT molecular complexity index is 1130. The van der Waals surface area contributed by atoms with Gasteiger partial charge in [0.2, 0.25) is 0 Å². The molecule has 9 nitrogen and oxygen atoms in total. The highest BCUT2D eigenvalue weighted by Gasteiger charge is 2.38. The minimum Gasteiger partial charge on any atom is -0.495 e. The van der Waals surface area contributed by atoms with E-state index in [0.29, 0.717) is 11.3 Å². The zero-order valence-electron chi connectivity index (χ0n) is 17.4. The van der Waals surface area contributed by atoms with Gasteiger partial charge in [0.05, 0.1) is 30.2 Å². The van der Waals surface area contributed by atoms with E-state index in [1.807, 2.05) is 6.92 Å². The highest BCUT2D eigenvalue weighted by atomic mass is 35.5. The van der Waals surface area contributed by atoms with Gasteiger partial charge in [0.25, 0.3) is 5.91 Å². The van der Waals surface area contributed by atoms with Crippen molar-refractivity contribution in [2.24, 2.45) is 0 Å². The second-order valence-electron chi connectivity index (χ2n) is 6.77. The molecule has 1 aliphatic heterocycles. The molecule has 0 saturated carbocycles. The Morgan fingerprint density at radius 2 is 1.88 bits per heavy atom. The fourth-order valence-corrected chi connectivity index (χ4v) is 3.66. The van der Waals surface area contributed by atoms with Gasteiger partial charge in [-0.3, -0.25) is 9.59 Å². The summed E-state index contributed by atoms with van der Waals surface area (Å²) in [6.07, 6.45) is -5.08. The molecule has 0 fully saturated rings. The number of carbonyl (C=O) groups is 3. The molecule has 14 heteroatoms. The Hall–Kier alpha value is -2.99. The van der Waals surface area contributed by atoms with Crippen LogP contribution in [0.5, 0.6) is 5.75 Å². The predicted octanol–water partition coefficient (Wildman–Crippen LogP) is 3.73. The van der Waals surface area contributed by atoms with Gasteiger partial charge in [-0.2, -0.15) is 13.2 Å². The number of amides is 1. The molecule has 0 aliphatic carbocycles. The molecule has 0 unspecified atom stereocenters. The molecule has 0 radical (unpaired) electrons. The van der Waals surface area contributed by atoms with Crippen molar-refractivity contribution in [1.82, 2.24) is 9.88 Å². The van der Waals surface area contributed by atoms with E-state index in [0.717, 1.165) is 16.5 Å². The summed E-state index contributed by atoms with van der Waals surface area (Å²) in [6.45, 7) is 3.07. The lowest BCUT2D eigenvalue weighted by atomic mass is 10.00. The van der Waals surface area contributed by atoms with E-state index in [-0.39, 0.29) is 41.0 Å². The third kappa shape index (κ3) is 5.50. The third-order valence-corrected chi connectivity index (χ3v) is 5.54. The number of aliphatic carboxylic acids is 1. The van der Waals surface area contributed by atoms with E-state index in [2.05, 4.69) is 4.98 Å². The monoisotopic (exact) mass is 511 g/mol. The van der Waals surface area contributed by atoms with Crippen molar-refractivity contribution < 1.29 is 42.1 Å². The molecule has 3 rings (SSSR count). The average Bonchev–Trinajstić information content (AvgIpc) is 3.07. The number of methoxy groups -OCH3 is 1. The fraction of sp³-hybridized carbons (Fsp3) is 0.368. The lowest BCUT2D eigenvalue weighted by molar-refractivity contribution is -0.192. The molecule has 1 aromatic carbocycles. The van der Waals surface area contributed by atoms with Crippen LogP contribution in [0.3, 0.4) is 0 Å². The molecular weight excluding hydrogens is 494 g/mol. The number of hydrogen-bond donors (Lipinski definition) is 2. The first-order valence-corrected chi connectivity index (χ1v) is 9.83. The molecule has 1 atom stereocenters. The van der Waals surface area contributed by atoms with Gasteiger partial charge < -0.3 is 25.2 Å². The molecule has 2 aromatic rings. The summed E-state index contributed by atoms with van der Waals surface area (Å²) in [5.74, 6) is -2.89. The van der Waals surface area contributed by atoms with Crippen molar-refractivity contribution in [2.45, 2.75) is 32.6 Å². The summed E-state index contributed by atoms with van der Waals surface area (Å²) in [6, 6.07) is 1.44. The molecule has 180 valence electrons. The Balaban J connectivity index is 0.000000479. The number of esters is 1. The van der Waals surface area contributed by atoms with Crippen LogP contribution in [0.15, 0.2) is 6.07 Å². The third-order valence-electron chi connectivity index (χ3n) is 4.70. The minimum atomic E-state index is -5.08. The maximum atomic E-state index is 12.4. The van der Waals surface area contributed by atoms with Crippen LogP contribution in [0.1, 0.15) is 31.0 Å². The molecule has 0 saturated heterocycles. The van der Waals surface area contributed by atoms with E-state index in [9.17, 15) is 22.8 Å². The van der Waals surface area contributed by atoms with Gasteiger partial charge in [-0.1, -0.05) is 23.2 Å². The Kier molecular flexibility index (Phi) is 7.86.